The van der Waals surface area contributed by atoms with Crippen molar-refractivity contribution in [3.63, 3.8) is 0 Å². The molecule has 11 aromatic rings. The highest BCUT2D eigenvalue weighted by Crippen LogP contribution is 2.44. The SMILES string of the molecule is CCCCCCc1ccc([Si]2(c3ccc(CCCCCC)cc3)c3ccccc3-c3c2ccc2c4ccc(-c5nc(-c6ccccc6)c6ccc7ccccc7c6n5)cc4c4ccccc4c32)cc1. The van der Waals surface area contributed by atoms with Gasteiger partial charge in [-0.25, -0.2) is 9.97 Å². The van der Waals surface area contributed by atoms with E-state index >= 15 is 0 Å². The first-order valence-corrected chi connectivity index (χ1v) is 27.6. The lowest BCUT2D eigenvalue weighted by Gasteiger charge is -2.32. The van der Waals surface area contributed by atoms with Crippen molar-refractivity contribution in [3.05, 3.63) is 205 Å². The fourth-order valence-electron chi connectivity index (χ4n) is 11.9. The van der Waals surface area contributed by atoms with Crippen molar-refractivity contribution in [1.29, 1.82) is 0 Å². The molecule has 1 aliphatic heterocycles. The van der Waals surface area contributed by atoms with Gasteiger partial charge in [-0.1, -0.05) is 234 Å². The zero-order chi connectivity index (χ0) is 46.3. The van der Waals surface area contributed by atoms with Crippen molar-refractivity contribution in [3.8, 4) is 33.8 Å². The highest BCUT2D eigenvalue weighted by Gasteiger charge is 2.49. The van der Waals surface area contributed by atoms with Gasteiger partial charge >= 0.3 is 0 Å². The highest BCUT2D eigenvalue weighted by molar-refractivity contribution is 7.22. The van der Waals surface area contributed by atoms with E-state index in [4.69, 9.17) is 9.97 Å². The van der Waals surface area contributed by atoms with Crippen LogP contribution in [-0.2, 0) is 12.8 Å². The van der Waals surface area contributed by atoms with Crippen molar-refractivity contribution >= 4 is 82.8 Å². The fraction of sp³-hybridized carbons (Fsp3) is 0.182. The predicted molar refractivity (Wildman–Crippen MR) is 299 cm³/mol. The van der Waals surface area contributed by atoms with Crippen molar-refractivity contribution in [1.82, 2.24) is 9.97 Å². The Balaban J connectivity index is 1.07. The summed E-state index contributed by atoms with van der Waals surface area (Å²) < 4.78 is 0. The molecule has 0 saturated heterocycles. The molecule has 10 aromatic carbocycles. The van der Waals surface area contributed by atoms with Gasteiger partial charge in [-0.2, -0.15) is 0 Å². The second-order valence-corrected chi connectivity index (χ2v) is 23.2. The minimum atomic E-state index is -2.78. The summed E-state index contributed by atoms with van der Waals surface area (Å²) in [5.74, 6) is 0.737. The average Bonchev–Trinajstić information content (AvgIpc) is 3.72. The van der Waals surface area contributed by atoms with Gasteiger partial charge in [0.1, 0.15) is 0 Å². The molecule has 0 fully saturated rings. The lowest BCUT2D eigenvalue weighted by molar-refractivity contribution is 0.667. The summed E-state index contributed by atoms with van der Waals surface area (Å²) in [7, 11) is -2.78. The molecule has 0 amide bonds. The first-order chi connectivity index (χ1) is 34.1. The lowest BCUT2D eigenvalue weighted by atomic mass is 9.89. The molecular formula is C66H58N2Si. The zero-order valence-corrected chi connectivity index (χ0v) is 40.9. The standard InChI is InChI=1S/C66H58N2Si/c1-3-5-7-10-20-45-30-36-50(37-31-45)69(51-38-32-46(33-39-51)21-11-8-6-4-2)60-29-19-18-28-57(60)63-61(69)43-42-56-54-40-35-49(44-59(54)53-26-16-17-27-55(53)62(56)63)66-67-64(48-23-12-9-13-24-48)58-41-34-47-22-14-15-25-52(47)65(58)68-66/h9,12-19,22-44H,3-8,10-11,20-21H2,1-2H3. The minimum absolute atomic E-state index is 0.737. The number of aryl methyl sites for hydroxylation is 2. The minimum Gasteiger partial charge on any atom is -0.227 e. The van der Waals surface area contributed by atoms with E-state index in [1.807, 2.05) is 0 Å². The Morgan fingerprint density at radius 3 is 1.68 bits per heavy atom. The number of nitrogens with zero attached hydrogens (tertiary/aromatic N) is 2. The summed E-state index contributed by atoms with van der Waals surface area (Å²) in [6, 6.07) is 73.9. The molecule has 2 heterocycles. The van der Waals surface area contributed by atoms with Crippen LogP contribution in [-0.4, -0.2) is 18.0 Å². The van der Waals surface area contributed by atoms with Crippen LogP contribution in [0.2, 0.25) is 0 Å². The van der Waals surface area contributed by atoms with Gasteiger partial charge in [0.15, 0.2) is 13.9 Å². The van der Waals surface area contributed by atoms with Gasteiger partial charge in [-0.15, -0.1) is 0 Å². The third-order valence-corrected chi connectivity index (χ3v) is 20.2. The number of hydrogen-bond acceptors (Lipinski definition) is 2. The van der Waals surface area contributed by atoms with Crippen LogP contribution in [0, 0.1) is 0 Å². The largest absolute Gasteiger partial charge is 0.227 e. The molecule has 0 N–H and O–H groups in total. The predicted octanol–water partition coefficient (Wildman–Crippen LogP) is 15.2. The van der Waals surface area contributed by atoms with E-state index in [2.05, 4.69) is 208 Å². The van der Waals surface area contributed by atoms with Gasteiger partial charge in [0, 0.05) is 21.9 Å². The van der Waals surface area contributed by atoms with E-state index in [1.165, 1.54) is 132 Å². The van der Waals surface area contributed by atoms with E-state index in [0.29, 0.717) is 0 Å². The van der Waals surface area contributed by atoms with Crippen molar-refractivity contribution in [2.45, 2.75) is 78.1 Å². The molecule has 2 nitrogen and oxygen atoms in total. The van der Waals surface area contributed by atoms with Crippen LogP contribution >= 0.6 is 0 Å². The quantitative estimate of drug-likeness (QED) is 0.0617. The summed E-state index contributed by atoms with van der Waals surface area (Å²) in [6.07, 6.45) is 12.5. The van der Waals surface area contributed by atoms with Crippen LogP contribution in [0.3, 0.4) is 0 Å². The van der Waals surface area contributed by atoms with E-state index in [9.17, 15) is 0 Å². The van der Waals surface area contributed by atoms with Gasteiger partial charge < -0.3 is 0 Å². The second-order valence-electron chi connectivity index (χ2n) is 19.5. The Morgan fingerprint density at radius 1 is 0.391 bits per heavy atom. The Morgan fingerprint density at radius 2 is 0.971 bits per heavy atom. The van der Waals surface area contributed by atoms with Gasteiger partial charge in [-0.05, 0) is 119 Å². The molecule has 0 saturated carbocycles. The summed E-state index contributed by atoms with van der Waals surface area (Å²) in [6.45, 7) is 4.59. The molecule has 3 heteroatoms. The Labute approximate surface area is 407 Å². The van der Waals surface area contributed by atoms with E-state index in [0.717, 1.165) is 51.8 Å². The van der Waals surface area contributed by atoms with Crippen LogP contribution in [0.15, 0.2) is 194 Å². The molecule has 0 unspecified atom stereocenters. The maximum atomic E-state index is 5.40. The maximum absolute atomic E-state index is 5.40. The molecule has 1 aliphatic rings. The Bertz CT molecular complexity index is 3610. The summed E-state index contributed by atoms with van der Waals surface area (Å²) in [4.78, 5) is 10.8. The summed E-state index contributed by atoms with van der Waals surface area (Å²) in [5, 5.41) is 16.9. The number of hydrogen-bond donors (Lipinski definition) is 0. The third-order valence-electron chi connectivity index (χ3n) is 15.3. The molecule has 0 aliphatic carbocycles. The molecule has 0 atom stereocenters. The smallest absolute Gasteiger partial charge is 0.180 e. The van der Waals surface area contributed by atoms with Gasteiger partial charge in [0.05, 0.1) is 11.2 Å². The van der Waals surface area contributed by atoms with Crippen LogP contribution in [0.4, 0.5) is 0 Å². The van der Waals surface area contributed by atoms with Crippen LogP contribution in [0.5, 0.6) is 0 Å². The number of aromatic nitrogens is 2. The first kappa shape index (κ1) is 43.1. The van der Waals surface area contributed by atoms with Crippen LogP contribution in [0.25, 0.3) is 87.8 Å². The van der Waals surface area contributed by atoms with Crippen LogP contribution < -0.4 is 20.7 Å². The lowest BCUT2D eigenvalue weighted by Crippen LogP contribution is -2.72. The Kier molecular flexibility index (Phi) is 11.5. The second kappa shape index (κ2) is 18.4. The monoisotopic (exact) mass is 906 g/mol. The van der Waals surface area contributed by atoms with Crippen molar-refractivity contribution in [2.24, 2.45) is 0 Å². The highest BCUT2D eigenvalue weighted by atomic mass is 28.3. The topological polar surface area (TPSA) is 25.8 Å². The third kappa shape index (κ3) is 7.38. The van der Waals surface area contributed by atoms with Crippen molar-refractivity contribution < 1.29 is 0 Å². The van der Waals surface area contributed by atoms with E-state index in [-0.39, 0.29) is 0 Å². The Hall–Kier alpha value is -7.20. The number of rotatable bonds is 14. The van der Waals surface area contributed by atoms with Crippen molar-refractivity contribution in [2.75, 3.05) is 0 Å². The molecule has 1 aromatic heterocycles. The molecule has 69 heavy (non-hydrogen) atoms. The average molecular weight is 907 g/mol. The molecule has 0 spiro atoms. The normalized spacial score (nSPS) is 12.9. The first-order valence-electron chi connectivity index (χ1n) is 25.6. The fourth-order valence-corrected chi connectivity index (χ4v) is 17.0. The van der Waals surface area contributed by atoms with Gasteiger partial charge in [0.2, 0.25) is 0 Å². The zero-order valence-electron chi connectivity index (χ0n) is 39.9. The molecule has 12 rings (SSSR count). The molecule has 0 bridgehead atoms. The molecular weight excluding hydrogens is 849 g/mol. The summed E-state index contributed by atoms with van der Waals surface area (Å²) >= 11 is 0. The number of fused-ring (bicyclic) bond motifs is 13. The number of benzene rings is 10. The maximum Gasteiger partial charge on any atom is 0.180 e. The number of unbranched alkanes of at least 4 members (excludes halogenated alkanes) is 6. The molecule has 0 radical (unpaired) electrons. The van der Waals surface area contributed by atoms with E-state index < -0.39 is 8.07 Å². The molecule has 336 valence electrons. The summed E-state index contributed by atoms with van der Waals surface area (Å²) in [5.41, 5.74) is 9.71. The van der Waals surface area contributed by atoms with Crippen LogP contribution in [0.1, 0.15) is 76.3 Å². The van der Waals surface area contributed by atoms with Gasteiger partial charge in [-0.3, -0.25) is 0 Å². The van der Waals surface area contributed by atoms with E-state index in [1.54, 1.807) is 0 Å². The van der Waals surface area contributed by atoms with Gasteiger partial charge in [0.25, 0.3) is 0 Å².